The van der Waals surface area contributed by atoms with E-state index < -0.39 is 0 Å². The van der Waals surface area contributed by atoms with Gasteiger partial charge in [0, 0.05) is 22.8 Å². The van der Waals surface area contributed by atoms with Gasteiger partial charge in [0.05, 0.1) is 0 Å². The van der Waals surface area contributed by atoms with Crippen molar-refractivity contribution < 1.29 is 4.74 Å². The summed E-state index contributed by atoms with van der Waals surface area (Å²) in [6.07, 6.45) is 0.910. The van der Waals surface area contributed by atoms with Crippen molar-refractivity contribution in [2.45, 2.75) is 33.4 Å². The molecule has 0 spiro atoms. The SMILES string of the molecule is CCNCc1cc(CC)nc(OCc2cccc(Br)c2)c1. The first-order valence-corrected chi connectivity index (χ1v) is 8.08. The second-order valence-corrected chi connectivity index (χ2v) is 5.77. The van der Waals surface area contributed by atoms with Crippen molar-refractivity contribution in [2.75, 3.05) is 6.54 Å². The average Bonchev–Trinajstić information content (AvgIpc) is 2.51. The van der Waals surface area contributed by atoms with Gasteiger partial charge in [0.2, 0.25) is 5.88 Å². The Hall–Kier alpha value is -1.39. The molecule has 1 aromatic carbocycles. The van der Waals surface area contributed by atoms with Crippen LogP contribution in [0.1, 0.15) is 30.7 Å². The zero-order valence-electron chi connectivity index (χ0n) is 12.5. The summed E-state index contributed by atoms with van der Waals surface area (Å²) >= 11 is 3.47. The van der Waals surface area contributed by atoms with Crippen molar-refractivity contribution in [3.63, 3.8) is 0 Å². The number of hydrogen-bond acceptors (Lipinski definition) is 3. The highest BCUT2D eigenvalue weighted by Gasteiger charge is 2.04. The number of halogens is 1. The van der Waals surface area contributed by atoms with Crippen LogP contribution in [0.25, 0.3) is 0 Å². The smallest absolute Gasteiger partial charge is 0.214 e. The van der Waals surface area contributed by atoms with Crippen molar-refractivity contribution in [2.24, 2.45) is 0 Å². The van der Waals surface area contributed by atoms with Crippen LogP contribution in [0.15, 0.2) is 40.9 Å². The van der Waals surface area contributed by atoms with E-state index in [0.717, 1.165) is 35.2 Å². The molecule has 1 aromatic heterocycles. The molecule has 0 saturated carbocycles. The molecule has 3 nitrogen and oxygen atoms in total. The van der Waals surface area contributed by atoms with E-state index in [1.165, 1.54) is 5.56 Å². The van der Waals surface area contributed by atoms with Crippen LogP contribution in [-0.4, -0.2) is 11.5 Å². The Kier molecular flexibility index (Phi) is 6.21. The predicted octanol–water partition coefficient (Wildman–Crippen LogP) is 4.10. The Morgan fingerprint density at radius 3 is 2.71 bits per heavy atom. The highest BCUT2D eigenvalue weighted by Crippen LogP contribution is 2.17. The van der Waals surface area contributed by atoms with Gasteiger partial charge in [-0.15, -0.1) is 0 Å². The number of rotatable bonds is 7. The monoisotopic (exact) mass is 348 g/mol. The van der Waals surface area contributed by atoms with Crippen molar-refractivity contribution in [1.82, 2.24) is 10.3 Å². The Morgan fingerprint density at radius 1 is 1.14 bits per heavy atom. The van der Waals surface area contributed by atoms with Gasteiger partial charge in [0.15, 0.2) is 0 Å². The normalized spacial score (nSPS) is 10.6. The summed E-state index contributed by atoms with van der Waals surface area (Å²) < 4.78 is 6.91. The van der Waals surface area contributed by atoms with E-state index >= 15 is 0 Å². The van der Waals surface area contributed by atoms with Crippen LogP contribution in [-0.2, 0) is 19.6 Å². The molecule has 0 amide bonds. The fraction of sp³-hybridized carbons (Fsp3) is 0.353. The zero-order chi connectivity index (χ0) is 15.1. The second kappa shape index (κ2) is 8.15. The summed E-state index contributed by atoms with van der Waals surface area (Å²) in [5.74, 6) is 0.697. The minimum absolute atomic E-state index is 0.528. The van der Waals surface area contributed by atoms with E-state index in [1.807, 2.05) is 24.3 Å². The topological polar surface area (TPSA) is 34.2 Å². The van der Waals surface area contributed by atoms with Gasteiger partial charge < -0.3 is 10.1 Å². The minimum Gasteiger partial charge on any atom is -0.473 e. The van der Waals surface area contributed by atoms with Crippen LogP contribution in [0.4, 0.5) is 0 Å². The van der Waals surface area contributed by atoms with Crippen molar-refractivity contribution in [3.8, 4) is 5.88 Å². The van der Waals surface area contributed by atoms with Gasteiger partial charge in [0.25, 0.3) is 0 Å². The Labute approximate surface area is 134 Å². The fourth-order valence-electron chi connectivity index (χ4n) is 2.03. The highest BCUT2D eigenvalue weighted by molar-refractivity contribution is 9.10. The number of benzene rings is 1. The molecule has 0 fully saturated rings. The van der Waals surface area contributed by atoms with Crippen molar-refractivity contribution >= 4 is 15.9 Å². The lowest BCUT2D eigenvalue weighted by Crippen LogP contribution is -2.12. The van der Waals surface area contributed by atoms with Gasteiger partial charge in [-0.05, 0) is 42.3 Å². The summed E-state index contributed by atoms with van der Waals surface area (Å²) in [5, 5.41) is 3.33. The number of ether oxygens (including phenoxy) is 1. The average molecular weight is 349 g/mol. The molecular formula is C17H21BrN2O. The summed E-state index contributed by atoms with van der Waals surface area (Å²) in [4.78, 5) is 4.54. The van der Waals surface area contributed by atoms with Crippen LogP contribution >= 0.6 is 15.9 Å². The largest absolute Gasteiger partial charge is 0.473 e. The van der Waals surface area contributed by atoms with E-state index in [9.17, 15) is 0 Å². The molecule has 4 heteroatoms. The predicted molar refractivity (Wildman–Crippen MR) is 89.5 cm³/mol. The first-order valence-electron chi connectivity index (χ1n) is 7.29. The molecule has 2 rings (SSSR count). The molecule has 1 N–H and O–H groups in total. The van der Waals surface area contributed by atoms with Gasteiger partial charge in [0.1, 0.15) is 6.61 Å². The van der Waals surface area contributed by atoms with Gasteiger partial charge in [-0.2, -0.15) is 0 Å². The van der Waals surface area contributed by atoms with Gasteiger partial charge in [-0.3, -0.25) is 0 Å². The lowest BCUT2D eigenvalue weighted by atomic mass is 10.2. The van der Waals surface area contributed by atoms with Gasteiger partial charge in [-0.1, -0.05) is 41.9 Å². The highest BCUT2D eigenvalue weighted by atomic mass is 79.9. The number of hydrogen-bond donors (Lipinski definition) is 1. The van der Waals surface area contributed by atoms with Crippen LogP contribution in [0, 0.1) is 0 Å². The molecule has 0 saturated heterocycles. The Bertz CT molecular complexity index is 587. The fourth-order valence-corrected chi connectivity index (χ4v) is 2.48. The van der Waals surface area contributed by atoms with Gasteiger partial charge >= 0.3 is 0 Å². The van der Waals surface area contributed by atoms with Crippen LogP contribution in [0.5, 0.6) is 5.88 Å². The minimum atomic E-state index is 0.528. The molecular weight excluding hydrogens is 328 g/mol. The third-order valence-corrected chi connectivity index (χ3v) is 3.63. The third kappa shape index (κ3) is 5.14. The van der Waals surface area contributed by atoms with E-state index in [4.69, 9.17) is 4.74 Å². The Morgan fingerprint density at radius 2 is 2.00 bits per heavy atom. The standard InChI is InChI=1S/C17H21BrN2O/c1-3-16-9-14(11-19-4-2)10-17(20-16)21-12-13-6-5-7-15(18)8-13/h5-10,19H,3-4,11-12H2,1-2H3. The molecule has 0 aliphatic heterocycles. The molecule has 0 aliphatic rings. The summed E-state index contributed by atoms with van der Waals surface area (Å²) in [6.45, 7) is 6.54. The summed E-state index contributed by atoms with van der Waals surface area (Å²) in [7, 11) is 0. The lowest BCUT2D eigenvalue weighted by molar-refractivity contribution is 0.292. The van der Waals surface area contributed by atoms with Crippen LogP contribution in [0.3, 0.4) is 0 Å². The van der Waals surface area contributed by atoms with E-state index in [-0.39, 0.29) is 0 Å². The first kappa shape index (κ1) is 16.0. The molecule has 21 heavy (non-hydrogen) atoms. The molecule has 2 aromatic rings. The molecule has 0 atom stereocenters. The van der Waals surface area contributed by atoms with E-state index in [0.29, 0.717) is 12.5 Å². The summed E-state index contributed by atoms with van der Waals surface area (Å²) in [5.41, 5.74) is 3.41. The molecule has 0 aliphatic carbocycles. The number of nitrogens with one attached hydrogen (secondary N) is 1. The lowest BCUT2D eigenvalue weighted by Gasteiger charge is -2.10. The number of nitrogens with zero attached hydrogens (tertiary/aromatic N) is 1. The number of aromatic nitrogens is 1. The van der Waals surface area contributed by atoms with E-state index in [2.05, 4.69) is 52.2 Å². The molecule has 112 valence electrons. The molecule has 0 bridgehead atoms. The maximum atomic E-state index is 5.85. The second-order valence-electron chi connectivity index (χ2n) is 4.86. The number of aryl methyl sites for hydroxylation is 1. The van der Waals surface area contributed by atoms with Crippen molar-refractivity contribution in [1.29, 1.82) is 0 Å². The van der Waals surface area contributed by atoms with Crippen LogP contribution < -0.4 is 10.1 Å². The molecule has 0 radical (unpaired) electrons. The van der Waals surface area contributed by atoms with Crippen molar-refractivity contribution in [3.05, 3.63) is 57.7 Å². The quantitative estimate of drug-likeness (QED) is 0.817. The maximum Gasteiger partial charge on any atom is 0.214 e. The van der Waals surface area contributed by atoms with Gasteiger partial charge in [-0.25, -0.2) is 4.98 Å². The molecule has 1 heterocycles. The van der Waals surface area contributed by atoms with Crippen LogP contribution in [0.2, 0.25) is 0 Å². The maximum absolute atomic E-state index is 5.85. The van der Waals surface area contributed by atoms with E-state index in [1.54, 1.807) is 0 Å². The summed E-state index contributed by atoms with van der Waals surface area (Å²) in [6, 6.07) is 12.3. The Balaban J connectivity index is 2.07. The third-order valence-electron chi connectivity index (χ3n) is 3.13. The molecule has 0 unspecified atom stereocenters. The zero-order valence-corrected chi connectivity index (χ0v) is 14.1. The number of pyridine rings is 1. The first-order chi connectivity index (χ1) is 10.2.